The molecule has 2 heteroatoms. The van der Waals surface area contributed by atoms with Crippen molar-refractivity contribution in [3.8, 4) is 0 Å². The average molecular weight is 180 g/mol. The van der Waals surface area contributed by atoms with Crippen molar-refractivity contribution < 1.29 is 10.2 Å². The second-order valence-corrected chi connectivity index (χ2v) is 3.23. The lowest BCUT2D eigenvalue weighted by Gasteiger charge is -2.15. The van der Waals surface area contributed by atoms with Crippen molar-refractivity contribution in [2.24, 2.45) is 0 Å². The Balaban J connectivity index is 3.04. The highest BCUT2D eigenvalue weighted by atomic mass is 16.3. The lowest BCUT2D eigenvalue weighted by atomic mass is 9.98. The van der Waals surface area contributed by atoms with E-state index in [2.05, 4.69) is 0 Å². The number of aliphatic hydroxyl groups is 2. The highest BCUT2D eigenvalue weighted by molar-refractivity contribution is 5.30. The first-order chi connectivity index (χ1) is 6.16. The molecule has 0 heterocycles. The molecule has 0 spiro atoms. The van der Waals surface area contributed by atoms with Gasteiger partial charge in [-0.1, -0.05) is 31.2 Å². The summed E-state index contributed by atoms with van der Waals surface area (Å²) in [6.45, 7) is 3.63. The third-order valence-electron chi connectivity index (χ3n) is 2.19. The molecule has 0 aliphatic carbocycles. The lowest BCUT2D eigenvalue weighted by Crippen LogP contribution is -2.03. The molecule has 0 saturated carbocycles. The molecule has 72 valence electrons. The highest BCUT2D eigenvalue weighted by Crippen LogP contribution is 2.25. The minimum atomic E-state index is -0.516. The van der Waals surface area contributed by atoms with E-state index in [9.17, 15) is 10.2 Å². The predicted octanol–water partition coefficient (Wildman–Crippen LogP) is 2.18. The smallest absolute Gasteiger partial charge is 0.0791 e. The van der Waals surface area contributed by atoms with Crippen LogP contribution in [-0.2, 0) is 0 Å². The average Bonchev–Trinajstić information content (AvgIpc) is 2.16. The Labute approximate surface area is 78.8 Å². The van der Waals surface area contributed by atoms with Crippen molar-refractivity contribution >= 4 is 0 Å². The molecule has 2 atom stereocenters. The molecule has 0 fully saturated rings. The van der Waals surface area contributed by atoms with Crippen LogP contribution in [-0.4, -0.2) is 10.2 Å². The summed E-state index contributed by atoms with van der Waals surface area (Å²) in [5.74, 6) is 0. The van der Waals surface area contributed by atoms with Crippen molar-refractivity contribution in [1.29, 1.82) is 0 Å². The third-order valence-corrected chi connectivity index (χ3v) is 2.19. The largest absolute Gasteiger partial charge is 0.389 e. The maximum Gasteiger partial charge on any atom is 0.0791 e. The summed E-state index contributed by atoms with van der Waals surface area (Å²) in [6.07, 6.45) is -0.313. The Morgan fingerprint density at radius 2 is 1.69 bits per heavy atom. The molecule has 13 heavy (non-hydrogen) atoms. The Morgan fingerprint density at radius 3 is 2.15 bits per heavy atom. The molecule has 0 aromatic heterocycles. The Hall–Kier alpha value is -0.860. The summed E-state index contributed by atoms with van der Waals surface area (Å²) in [5, 5.41) is 19.1. The monoisotopic (exact) mass is 180 g/mol. The zero-order valence-electron chi connectivity index (χ0n) is 8.07. The van der Waals surface area contributed by atoms with Crippen LogP contribution in [0, 0.1) is 0 Å². The second kappa shape index (κ2) is 4.40. The summed E-state index contributed by atoms with van der Waals surface area (Å²) in [6, 6.07) is 7.45. The summed E-state index contributed by atoms with van der Waals surface area (Å²) in [5.41, 5.74) is 1.65. The van der Waals surface area contributed by atoms with Crippen LogP contribution in [0.25, 0.3) is 0 Å². The Kier molecular flexibility index (Phi) is 3.46. The highest BCUT2D eigenvalue weighted by Gasteiger charge is 2.12. The topological polar surface area (TPSA) is 40.5 Å². The van der Waals surface area contributed by atoms with Gasteiger partial charge in [-0.3, -0.25) is 0 Å². The van der Waals surface area contributed by atoms with Gasteiger partial charge in [-0.15, -0.1) is 0 Å². The zero-order chi connectivity index (χ0) is 9.84. The van der Waals surface area contributed by atoms with E-state index >= 15 is 0 Å². The van der Waals surface area contributed by atoms with E-state index in [0.717, 1.165) is 11.1 Å². The maximum atomic E-state index is 9.65. The fourth-order valence-electron chi connectivity index (χ4n) is 1.41. The van der Waals surface area contributed by atoms with Gasteiger partial charge in [-0.25, -0.2) is 0 Å². The number of hydrogen-bond acceptors (Lipinski definition) is 2. The quantitative estimate of drug-likeness (QED) is 0.748. The first-order valence-corrected chi connectivity index (χ1v) is 4.61. The first-order valence-electron chi connectivity index (χ1n) is 4.61. The molecule has 1 rings (SSSR count). The van der Waals surface area contributed by atoms with Crippen LogP contribution in [0.4, 0.5) is 0 Å². The molecule has 2 unspecified atom stereocenters. The van der Waals surface area contributed by atoms with Gasteiger partial charge in [0.05, 0.1) is 12.2 Å². The van der Waals surface area contributed by atoms with Crippen LogP contribution in [0.2, 0.25) is 0 Å². The van der Waals surface area contributed by atoms with Crippen LogP contribution >= 0.6 is 0 Å². The van der Waals surface area contributed by atoms with Gasteiger partial charge >= 0.3 is 0 Å². The van der Waals surface area contributed by atoms with E-state index in [-0.39, 0.29) is 0 Å². The number of aliphatic hydroxyl groups excluding tert-OH is 2. The molecular weight excluding hydrogens is 164 g/mol. The van der Waals surface area contributed by atoms with E-state index in [4.69, 9.17) is 0 Å². The summed E-state index contributed by atoms with van der Waals surface area (Å²) in [4.78, 5) is 0. The molecule has 2 N–H and O–H groups in total. The van der Waals surface area contributed by atoms with E-state index < -0.39 is 12.2 Å². The molecule has 0 saturated heterocycles. The molecule has 0 aliphatic heterocycles. The predicted molar refractivity (Wildman–Crippen MR) is 52.3 cm³/mol. The lowest BCUT2D eigenvalue weighted by molar-refractivity contribution is 0.159. The summed E-state index contributed by atoms with van der Waals surface area (Å²) in [7, 11) is 0. The SMILES string of the molecule is CCC(O)c1ccccc1C(C)O. The van der Waals surface area contributed by atoms with E-state index in [0.29, 0.717) is 6.42 Å². The fraction of sp³-hybridized carbons (Fsp3) is 0.455. The van der Waals surface area contributed by atoms with Crippen molar-refractivity contribution in [1.82, 2.24) is 0 Å². The molecule has 1 aromatic rings. The Bertz CT molecular complexity index is 269. The number of rotatable bonds is 3. The first kappa shape index (κ1) is 10.2. The van der Waals surface area contributed by atoms with Crippen LogP contribution in [0.1, 0.15) is 43.6 Å². The van der Waals surface area contributed by atoms with Gasteiger partial charge in [0.15, 0.2) is 0 Å². The summed E-state index contributed by atoms with van der Waals surface area (Å²) < 4.78 is 0. The van der Waals surface area contributed by atoms with Crippen LogP contribution in [0.15, 0.2) is 24.3 Å². The van der Waals surface area contributed by atoms with Gasteiger partial charge in [-0.05, 0) is 24.5 Å². The molecule has 0 amide bonds. The molecule has 0 radical (unpaired) electrons. The minimum absolute atomic E-state index is 0.467. The molecular formula is C11H16O2. The number of benzene rings is 1. The van der Waals surface area contributed by atoms with Crippen LogP contribution < -0.4 is 0 Å². The van der Waals surface area contributed by atoms with E-state index in [1.165, 1.54) is 0 Å². The molecule has 0 bridgehead atoms. The van der Waals surface area contributed by atoms with E-state index in [1.807, 2.05) is 31.2 Å². The summed E-state index contributed by atoms with van der Waals surface area (Å²) >= 11 is 0. The Morgan fingerprint density at radius 1 is 1.15 bits per heavy atom. The maximum absolute atomic E-state index is 9.65. The minimum Gasteiger partial charge on any atom is -0.389 e. The standard InChI is InChI=1S/C11H16O2/c1-3-11(13)10-7-5-4-6-9(10)8(2)12/h4-8,11-13H,3H2,1-2H3. The van der Waals surface area contributed by atoms with E-state index in [1.54, 1.807) is 6.92 Å². The van der Waals surface area contributed by atoms with Crippen LogP contribution in [0.3, 0.4) is 0 Å². The van der Waals surface area contributed by atoms with Crippen molar-refractivity contribution in [2.75, 3.05) is 0 Å². The van der Waals surface area contributed by atoms with Gasteiger partial charge in [0, 0.05) is 0 Å². The van der Waals surface area contributed by atoms with Crippen LogP contribution in [0.5, 0.6) is 0 Å². The van der Waals surface area contributed by atoms with Gasteiger partial charge in [0.25, 0.3) is 0 Å². The third kappa shape index (κ3) is 2.29. The van der Waals surface area contributed by atoms with Gasteiger partial charge in [0.2, 0.25) is 0 Å². The normalized spacial score (nSPS) is 15.4. The molecule has 2 nitrogen and oxygen atoms in total. The molecule has 0 aliphatic rings. The van der Waals surface area contributed by atoms with Crippen molar-refractivity contribution in [3.05, 3.63) is 35.4 Å². The zero-order valence-corrected chi connectivity index (χ0v) is 8.07. The van der Waals surface area contributed by atoms with Gasteiger partial charge in [0.1, 0.15) is 0 Å². The second-order valence-electron chi connectivity index (χ2n) is 3.23. The van der Waals surface area contributed by atoms with Crippen molar-refractivity contribution in [2.45, 2.75) is 32.5 Å². The molecule has 1 aromatic carbocycles. The van der Waals surface area contributed by atoms with Crippen molar-refractivity contribution in [3.63, 3.8) is 0 Å². The fourth-order valence-corrected chi connectivity index (χ4v) is 1.41. The van der Waals surface area contributed by atoms with Gasteiger partial charge < -0.3 is 10.2 Å². The number of hydrogen-bond donors (Lipinski definition) is 2. The van der Waals surface area contributed by atoms with Gasteiger partial charge in [-0.2, -0.15) is 0 Å².